The number of methoxy groups -OCH3 is 1. The number of aliphatic carboxylic acids is 1. The molecule has 1 aromatic carbocycles. The van der Waals surface area contributed by atoms with E-state index in [1.165, 1.54) is 31.5 Å². The summed E-state index contributed by atoms with van der Waals surface area (Å²) >= 11 is 0. The standard InChI is InChI=1S/C17H20N2O6S/c1-12-3-5-14(6-4-12)26(23,24)19-9-7-13(11-19)16(20)18-15(17(21)22)8-10-25-2/h3-7,9,11,15H,8,10H2,1-2H3,(H,18,20)(H,21,22). The van der Waals surface area contributed by atoms with Crippen LogP contribution in [0.1, 0.15) is 22.3 Å². The summed E-state index contributed by atoms with van der Waals surface area (Å²) in [7, 11) is -2.40. The Labute approximate surface area is 151 Å². The third-order valence-electron chi connectivity index (χ3n) is 3.74. The number of hydrogen-bond acceptors (Lipinski definition) is 5. The Bertz CT molecular complexity index is 886. The van der Waals surface area contributed by atoms with Gasteiger partial charge in [0.1, 0.15) is 6.04 Å². The molecule has 0 bridgehead atoms. The zero-order valence-corrected chi connectivity index (χ0v) is 15.2. The van der Waals surface area contributed by atoms with E-state index in [-0.39, 0.29) is 23.5 Å². The lowest BCUT2D eigenvalue weighted by molar-refractivity contribution is -0.139. The first-order valence-electron chi connectivity index (χ1n) is 7.78. The fourth-order valence-electron chi connectivity index (χ4n) is 2.23. The average Bonchev–Trinajstić information content (AvgIpc) is 3.09. The maximum atomic E-state index is 12.6. The van der Waals surface area contributed by atoms with Crippen LogP contribution in [0.25, 0.3) is 0 Å². The summed E-state index contributed by atoms with van der Waals surface area (Å²) in [5.41, 5.74) is 0.969. The molecule has 1 unspecified atom stereocenters. The summed E-state index contributed by atoms with van der Waals surface area (Å²) in [6, 6.07) is 6.51. The fourth-order valence-corrected chi connectivity index (χ4v) is 3.42. The van der Waals surface area contributed by atoms with Gasteiger partial charge in [-0.15, -0.1) is 0 Å². The molecule has 140 valence electrons. The minimum absolute atomic E-state index is 0.0457. The van der Waals surface area contributed by atoms with Crippen LogP contribution in [-0.2, 0) is 19.6 Å². The molecule has 0 aliphatic carbocycles. The molecule has 2 aromatic rings. The molecule has 2 N–H and O–H groups in total. The fraction of sp³-hybridized carbons (Fsp3) is 0.294. The third-order valence-corrected chi connectivity index (χ3v) is 5.39. The van der Waals surface area contributed by atoms with Crippen LogP contribution < -0.4 is 5.32 Å². The lowest BCUT2D eigenvalue weighted by atomic mass is 10.2. The molecule has 1 amide bonds. The van der Waals surface area contributed by atoms with Crippen molar-refractivity contribution in [3.8, 4) is 0 Å². The lowest BCUT2D eigenvalue weighted by Gasteiger charge is -2.13. The third kappa shape index (κ3) is 4.50. The van der Waals surface area contributed by atoms with Crippen LogP contribution in [0.15, 0.2) is 47.6 Å². The van der Waals surface area contributed by atoms with E-state index in [1.54, 1.807) is 12.1 Å². The van der Waals surface area contributed by atoms with Crippen LogP contribution in [0.5, 0.6) is 0 Å². The van der Waals surface area contributed by atoms with Gasteiger partial charge in [-0.05, 0) is 25.1 Å². The normalized spacial score (nSPS) is 12.5. The SMILES string of the molecule is COCCC(NC(=O)c1ccn(S(=O)(=O)c2ccc(C)cc2)c1)C(=O)O. The first-order valence-corrected chi connectivity index (χ1v) is 9.22. The summed E-state index contributed by atoms with van der Waals surface area (Å²) < 4.78 is 30.9. The average molecular weight is 380 g/mol. The molecule has 0 aliphatic heterocycles. The number of amides is 1. The molecule has 1 heterocycles. The highest BCUT2D eigenvalue weighted by molar-refractivity contribution is 7.90. The van der Waals surface area contributed by atoms with Crippen molar-refractivity contribution < 1.29 is 27.9 Å². The first kappa shape index (κ1) is 19.7. The van der Waals surface area contributed by atoms with E-state index in [0.717, 1.165) is 15.7 Å². The summed E-state index contributed by atoms with van der Waals surface area (Å²) in [5.74, 6) is -1.87. The minimum Gasteiger partial charge on any atom is -0.480 e. The van der Waals surface area contributed by atoms with E-state index in [9.17, 15) is 18.0 Å². The van der Waals surface area contributed by atoms with E-state index in [4.69, 9.17) is 9.84 Å². The van der Waals surface area contributed by atoms with Crippen LogP contribution in [0.2, 0.25) is 0 Å². The number of nitrogens with zero attached hydrogens (tertiary/aromatic N) is 1. The monoisotopic (exact) mass is 380 g/mol. The first-order chi connectivity index (χ1) is 12.3. The number of rotatable bonds is 8. The van der Waals surface area contributed by atoms with E-state index in [2.05, 4.69) is 5.32 Å². The number of aryl methyl sites for hydroxylation is 1. The molecule has 9 heteroatoms. The second-order valence-corrected chi connectivity index (χ2v) is 7.54. The van der Waals surface area contributed by atoms with E-state index >= 15 is 0 Å². The zero-order chi connectivity index (χ0) is 19.3. The molecular weight excluding hydrogens is 360 g/mol. The molecule has 0 spiro atoms. The van der Waals surface area contributed by atoms with Crippen molar-refractivity contribution in [3.05, 3.63) is 53.9 Å². The van der Waals surface area contributed by atoms with Crippen molar-refractivity contribution in [1.82, 2.24) is 9.29 Å². The Morgan fingerprint density at radius 2 is 1.88 bits per heavy atom. The van der Waals surface area contributed by atoms with Gasteiger partial charge in [-0.1, -0.05) is 17.7 Å². The van der Waals surface area contributed by atoms with Crippen molar-refractivity contribution in [2.45, 2.75) is 24.3 Å². The maximum Gasteiger partial charge on any atom is 0.326 e. The van der Waals surface area contributed by atoms with Crippen molar-refractivity contribution in [2.75, 3.05) is 13.7 Å². The number of nitrogens with one attached hydrogen (secondary N) is 1. The Balaban J connectivity index is 2.19. The predicted molar refractivity (Wildman–Crippen MR) is 93.6 cm³/mol. The zero-order valence-electron chi connectivity index (χ0n) is 14.4. The molecule has 0 radical (unpaired) electrons. The number of carbonyl (C=O) groups excluding carboxylic acids is 1. The topological polar surface area (TPSA) is 115 Å². The second-order valence-electron chi connectivity index (χ2n) is 5.69. The molecule has 2 rings (SSSR count). The van der Waals surface area contributed by atoms with Gasteiger partial charge in [-0.3, -0.25) is 4.79 Å². The Hall–Kier alpha value is -2.65. The molecular formula is C17H20N2O6S. The van der Waals surface area contributed by atoms with Crippen molar-refractivity contribution >= 4 is 21.9 Å². The Kier molecular flexibility index (Phi) is 6.17. The van der Waals surface area contributed by atoms with Gasteiger partial charge < -0.3 is 15.2 Å². The van der Waals surface area contributed by atoms with E-state index in [0.29, 0.717) is 0 Å². The number of aromatic nitrogens is 1. The molecule has 8 nitrogen and oxygen atoms in total. The summed E-state index contributed by atoms with van der Waals surface area (Å²) in [5, 5.41) is 11.5. The minimum atomic E-state index is -3.83. The van der Waals surface area contributed by atoms with Gasteiger partial charge in [0.2, 0.25) is 0 Å². The van der Waals surface area contributed by atoms with Gasteiger partial charge in [0, 0.05) is 32.5 Å². The highest BCUT2D eigenvalue weighted by Crippen LogP contribution is 2.16. The van der Waals surface area contributed by atoms with Gasteiger partial charge in [0.15, 0.2) is 0 Å². The molecule has 0 aliphatic rings. The predicted octanol–water partition coefficient (Wildman–Crippen LogP) is 1.25. The summed E-state index contributed by atoms with van der Waals surface area (Å²) in [6.45, 7) is 2.01. The lowest BCUT2D eigenvalue weighted by Crippen LogP contribution is -2.41. The van der Waals surface area contributed by atoms with E-state index in [1.807, 2.05) is 6.92 Å². The van der Waals surface area contributed by atoms with E-state index < -0.39 is 27.9 Å². The maximum absolute atomic E-state index is 12.6. The van der Waals surface area contributed by atoms with Gasteiger partial charge in [0.05, 0.1) is 10.5 Å². The molecule has 0 saturated carbocycles. The molecule has 1 aromatic heterocycles. The highest BCUT2D eigenvalue weighted by atomic mass is 32.2. The van der Waals surface area contributed by atoms with Gasteiger partial charge in [0.25, 0.3) is 15.9 Å². The number of carboxylic acids is 1. The van der Waals surface area contributed by atoms with Crippen LogP contribution in [0, 0.1) is 6.92 Å². The number of hydrogen-bond donors (Lipinski definition) is 2. The number of carbonyl (C=O) groups is 2. The van der Waals surface area contributed by atoms with Crippen LogP contribution in [0.3, 0.4) is 0 Å². The highest BCUT2D eigenvalue weighted by Gasteiger charge is 2.22. The smallest absolute Gasteiger partial charge is 0.326 e. The van der Waals surface area contributed by atoms with Gasteiger partial charge >= 0.3 is 5.97 Å². The van der Waals surface area contributed by atoms with Crippen molar-refractivity contribution in [1.29, 1.82) is 0 Å². The van der Waals surface area contributed by atoms with Crippen molar-refractivity contribution in [2.24, 2.45) is 0 Å². The summed E-state index contributed by atoms with van der Waals surface area (Å²) in [6.07, 6.45) is 2.49. The number of benzene rings is 1. The van der Waals surface area contributed by atoms with Gasteiger partial charge in [-0.25, -0.2) is 17.2 Å². The Morgan fingerprint density at radius 1 is 1.23 bits per heavy atom. The second kappa shape index (κ2) is 8.15. The van der Waals surface area contributed by atoms with Crippen LogP contribution in [0.4, 0.5) is 0 Å². The number of ether oxygens (including phenoxy) is 1. The molecule has 1 atom stereocenters. The van der Waals surface area contributed by atoms with Crippen LogP contribution >= 0.6 is 0 Å². The van der Waals surface area contributed by atoms with Gasteiger partial charge in [-0.2, -0.15) is 0 Å². The van der Waals surface area contributed by atoms with Crippen LogP contribution in [-0.4, -0.2) is 49.1 Å². The van der Waals surface area contributed by atoms with Crippen molar-refractivity contribution in [3.63, 3.8) is 0 Å². The Morgan fingerprint density at radius 3 is 2.46 bits per heavy atom. The summed E-state index contributed by atoms with van der Waals surface area (Å²) in [4.78, 5) is 23.5. The number of carboxylic acid groups (broad SMARTS) is 1. The quantitative estimate of drug-likeness (QED) is 0.712. The largest absolute Gasteiger partial charge is 0.480 e. The molecule has 0 saturated heterocycles. The molecule has 0 fully saturated rings. The molecule has 26 heavy (non-hydrogen) atoms.